The maximum absolute atomic E-state index is 11.7. The molecular formula is C10H19ClN2O. The number of likely N-dealkylation sites (tertiary alicyclic amines) is 1. The number of hydrogen-bond acceptors (Lipinski definition) is 2. The Morgan fingerprint density at radius 3 is 2.71 bits per heavy atom. The number of rotatable bonds is 3. The fourth-order valence-corrected chi connectivity index (χ4v) is 1.62. The number of nitrogens with one attached hydrogen (secondary N) is 1. The second-order valence-electron chi connectivity index (χ2n) is 4.74. The van der Waals surface area contributed by atoms with E-state index in [0.29, 0.717) is 11.9 Å². The summed E-state index contributed by atoms with van der Waals surface area (Å²) in [6, 6.07) is 0.301. The van der Waals surface area contributed by atoms with Crippen LogP contribution in [0.25, 0.3) is 0 Å². The molecule has 0 aromatic rings. The third-order valence-corrected chi connectivity index (χ3v) is 3.34. The molecule has 3 nitrogen and oxygen atoms in total. The van der Waals surface area contributed by atoms with Crippen molar-refractivity contribution in [2.75, 3.05) is 26.0 Å². The zero-order chi connectivity index (χ0) is 10.8. The van der Waals surface area contributed by atoms with Crippen molar-refractivity contribution >= 4 is 17.5 Å². The summed E-state index contributed by atoms with van der Waals surface area (Å²) >= 11 is 5.73. The van der Waals surface area contributed by atoms with Crippen LogP contribution < -0.4 is 5.32 Å². The number of carbonyl (C=O) groups is 1. The van der Waals surface area contributed by atoms with Crippen molar-refractivity contribution in [2.24, 2.45) is 5.41 Å². The first-order chi connectivity index (χ1) is 6.45. The van der Waals surface area contributed by atoms with Crippen LogP contribution in [0.3, 0.4) is 0 Å². The zero-order valence-corrected chi connectivity index (χ0v) is 9.90. The van der Waals surface area contributed by atoms with E-state index < -0.39 is 5.41 Å². The predicted octanol–water partition coefficient (Wildman–Crippen LogP) is 1.07. The zero-order valence-electron chi connectivity index (χ0n) is 9.14. The number of halogens is 1. The Bertz CT molecular complexity index is 218. The first-order valence-corrected chi connectivity index (χ1v) is 5.54. The Labute approximate surface area is 90.8 Å². The van der Waals surface area contributed by atoms with Gasteiger partial charge in [-0.3, -0.25) is 4.79 Å². The summed E-state index contributed by atoms with van der Waals surface area (Å²) in [6.45, 7) is 5.75. The van der Waals surface area contributed by atoms with Gasteiger partial charge < -0.3 is 10.2 Å². The first kappa shape index (κ1) is 11.8. The van der Waals surface area contributed by atoms with Crippen molar-refractivity contribution in [1.82, 2.24) is 10.2 Å². The highest BCUT2D eigenvalue weighted by molar-refractivity contribution is 6.19. The van der Waals surface area contributed by atoms with Gasteiger partial charge in [0.1, 0.15) is 0 Å². The second-order valence-corrected chi connectivity index (χ2v) is 5.01. The fraction of sp³-hybridized carbons (Fsp3) is 0.900. The SMILES string of the molecule is CN1CCC(NC(=O)C(C)(C)CCl)C1. The van der Waals surface area contributed by atoms with E-state index in [1.54, 1.807) is 0 Å². The number of hydrogen-bond donors (Lipinski definition) is 1. The van der Waals surface area contributed by atoms with Gasteiger partial charge in [-0.2, -0.15) is 0 Å². The van der Waals surface area contributed by atoms with Gasteiger partial charge in [0.05, 0.1) is 5.41 Å². The minimum atomic E-state index is -0.456. The third-order valence-electron chi connectivity index (χ3n) is 2.68. The molecule has 1 N–H and O–H groups in total. The van der Waals surface area contributed by atoms with Gasteiger partial charge in [0.15, 0.2) is 0 Å². The van der Waals surface area contributed by atoms with E-state index in [4.69, 9.17) is 11.6 Å². The minimum absolute atomic E-state index is 0.0628. The van der Waals surface area contributed by atoms with Crippen LogP contribution >= 0.6 is 11.6 Å². The average molecular weight is 219 g/mol. The van der Waals surface area contributed by atoms with Crippen molar-refractivity contribution in [1.29, 1.82) is 0 Å². The number of amides is 1. The summed E-state index contributed by atoms with van der Waals surface area (Å²) in [5, 5.41) is 3.04. The highest BCUT2D eigenvalue weighted by Crippen LogP contribution is 2.18. The molecule has 1 atom stereocenters. The molecule has 1 aliphatic heterocycles. The largest absolute Gasteiger partial charge is 0.352 e. The molecule has 1 unspecified atom stereocenters. The van der Waals surface area contributed by atoms with Gasteiger partial charge in [-0.1, -0.05) is 0 Å². The van der Waals surface area contributed by atoms with E-state index in [2.05, 4.69) is 17.3 Å². The van der Waals surface area contributed by atoms with E-state index >= 15 is 0 Å². The summed E-state index contributed by atoms with van der Waals surface area (Å²) in [5.41, 5.74) is -0.456. The van der Waals surface area contributed by atoms with E-state index in [0.717, 1.165) is 19.5 Å². The van der Waals surface area contributed by atoms with E-state index in [1.165, 1.54) is 0 Å². The molecule has 1 amide bonds. The minimum Gasteiger partial charge on any atom is -0.352 e. The van der Waals surface area contributed by atoms with Crippen molar-refractivity contribution in [3.63, 3.8) is 0 Å². The molecule has 0 saturated carbocycles. The molecule has 1 saturated heterocycles. The molecule has 1 fully saturated rings. The summed E-state index contributed by atoms with van der Waals surface area (Å²) in [7, 11) is 2.07. The molecule has 0 aliphatic carbocycles. The fourth-order valence-electron chi connectivity index (χ4n) is 1.49. The Morgan fingerprint density at radius 1 is 1.64 bits per heavy atom. The number of likely N-dealkylation sites (N-methyl/N-ethyl adjacent to an activating group) is 1. The quantitative estimate of drug-likeness (QED) is 0.719. The Hall–Kier alpha value is -0.280. The van der Waals surface area contributed by atoms with Gasteiger partial charge in [0, 0.05) is 18.5 Å². The standard InChI is InChI=1S/C10H19ClN2O/c1-10(2,7-11)9(14)12-8-4-5-13(3)6-8/h8H,4-7H2,1-3H3,(H,12,14). The lowest BCUT2D eigenvalue weighted by Crippen LogP contribution is -2.44. The van der Waals surface area contributed by atoms with Crippen molar-refractivity contribution < 1.29 is 4.79 Å². The number of nitrogens with zero attached hydrogens (tertiary/aromatic N) is 1. The van der Waals surface area contributed by atoms with Crippen LogP contribution in [0.5, 0.6) is 0 Å². The van der Waals surface area contributed by atoms with Crippen LogP contribution in [0.1, 0.15) is 20.3 Å². The molecule has 1 rings (SSSR count). The molecule has 0 aromatic heterocycles. The summed E-state index contributed by atoms with van der Waals surface area (Å²) in [4.78, 5) is 14.0. The topological polar surface area (TPSA) is 32.3 Å². The maximum atomic E-state index is 11.7. The van der Waals surface area contributed by atoms with Crippen molar-refractivity contribution in [3.05, 3.63) is 0 Å². The Balaban J connectivity index is 2.41. The lowest BCUT2D eigenvalue weighted by Gasteiger charge is -2.23. The molecule has 14 heavy (non-hydrogen) atoms. The number of carbonyl (C=O) groups excluding carboxylic acids is 1. The van der Waals surface area contributed by atoms with E-state index in [-0.39, 0.29) is 5.91 Å². The molecular weight excluding hydrogens is 200 g/mol. The Kier molecular flexibility index (Phi) is 3.78. The van der Waals surface area contributed by atoms with Gasteiger partial charge in [0.2, 0.25) is 5.91 Å². The van der Waals surface area contributed by atoms with Crippen molar-refractivity contribution in [3.8, 4) is 0 Å². The van der Waals surface area contributed by atoms with Crippen LogP contribution in [0.4, 0.5) is 0 Å². The normalized spacial score (nSPS) is 23.9. The molecule has 4 heteroatoms. The van der Waals surface area contributed by atoms with Gasteiger partial charge in [-0.25, -0.2) is 0 Å². The van der Waals surface area contributed by atoms with Crippen molar-refractivity contribution in [2.45, 2.75) is 26.3 Å². The second kappa shape index (κ2) is 4.49. The summed E-state index contributed by atoms with van der Waals surface area (Å²) in [6.07, 6.45) is 1.04. The van der Waals surface area contributed by atoms with Gasteiger partial charge in [0.25, 0.3) is 0 Å². The molecule has 0 spiro atoms. The van der Waals surface area contributed by atoms with Crippen LogP contribution in [-0.2, 0) is 4.79 Å². The van der Waals surface area contributed by atoms with Crippen LogP contribution in [-0.4, -0.2) is 42.9 Å². The van der Waals surface area contributed by atoms with Gasteiger partial charge in [-0.15, -0.1) is 11.6 Å². The van der Waals surface area contributed by atoms with Gasteiger partial charge >= 0.3 is 0 Å². The predicted molar refractivity (Wildman–Crippen MR) is 58.5 cm³/mol. The third kappa shape index (κ3) is 2.85. The highest BCUT2D eigenvalue weighted by Gasteiger charge is 2.30. The lowest BCUT2D eigenvalue weighted by molar-refractivity contribution is -0.128. The van der Waals surface area contributed by atoms with Crippen LogP contribution in [0.2, 0.25) is 0 Å². The smallest absolute Gasteiger partial charge is 0.227 e. The van der Waals surface area contributed by atoms with Crippen LogP contribution in [0, 0.1) is 5.41 Å². The number of alkyl halides is 1. The summed E-state index contributed by atoms with van der Waals surface area (Å²) < 4.78 is 0. The first-order valence-electron chi connectivity index (χ1n) is 5.01. The maximum Gasteiger partial charge on any atom is 0.227 e. The summed E-state index contributed by atoms with van der Waals surface area (Å²) in [5.74, 6) is 0.425. The molecule has 0 radical (unpaired) electrons. The lowest BCUT2D eigenvalue weighted by atomic mass is 9.95. The average Bonchev–Trinajstić information content (AvgIpc) is 2.51. The van der Waals surface area contributed by atoms with Gasteiger partial charge in [-0.05, 0) is 33.9 Å². The molecule has 82 valence electrons. The Morgan fingerprint density at radius 2 is 2.29 bits per heavy atom. The molecule has 1 heterocycles. The molecule has 0 bridgehead atoms. The van der Waals surface area contributed by atoms with E-state index in [1.807, 2.05) is 13.8 Å². The highest BCUT2D eigenvalue weighted by atomic mass is 35.5. The molecule has 1 aliphatic rings. The van der Waals surface area contributed by atoms with Crippen LogP contribution in [0.15, 0.2) is 0 Å². The monoisotopic (exact) mass is 218 g/mol. The van der Waals surface area contributed by atoms with E-state index in [9.17, 15) is 4.79 Å². The molecule has 0 aromatic carbocycles.